The molecule has 3 N–H and O–H groups in total. The molecule has 1 aromatic heterocycles. The summed E-state index contributed by atoms with van der Waals surface area (Å²) in [6, 6.07) is 7.19. The lowest BCUT2D eigenvalue weighted by atomic mass is 10.2. The number of carbonyl (C=O) groups excluding carboxylic acids is 1. The van der Waals surface area contributed by atoms with Gasteiger partial charge >= 0.3 is 0 Å². The van der Waals surface area contributed by atoms with Crippen molar-refractivity contribution in [1.29, 1.82) is 0 Å². The van der Waals surface area contributed by atoms with Crippen molar-refractivity contribution in [2.75, 3.05) is 20.0 Å². The SMILES string of the molecule is COc1ccc(CNC(=O)c2sccc2OC)cc1N. The van der Waals surface area contributed by atoms with Gasteiger partial charge in [0.25, 0.3) is 5.91 Å². The number of nitrogens with two attached hydrogens (primary N) is 1. The van der Waals surface area contributed by atoms with E-state index < -0.39 is 0 Å². The van der Waals surface area contributed by atoms with Gasteiger partial charge < -0.3 is 20.5 Å². The summed E-state index contributed by atoms with van der Waals surface area (Å²) in [6.07, 6.45) is 0. The van der Waals surface area contributed by atoms with Crippen LogP contribution in [0.15, 0.2) is 29.6 Å². The van der Waals surface area contributed by atoms with Crippen LogP contribution in [-0.2, 0) is 6.54 Å². The average Bonchev–Trinajstić information content (AvgIpc) is 2.93. The van der Waals surface area contributed by atoms with E-state index in [4.69, 9.17) is 15.2 Å². The molecular formula is C14H16N2O3S. The fourth-order valence-electron chi connectivity index (χ4n) is 1.78. The van der Waals surface area contributed by atoms with Crippen LogP contribution in [0.5, 0.6) is 11.5 Å². The smallest absolute Gasteiger partial charge is 0.265 e. The van der Waals surface area contributed by atoms with Gasteiger partial charge in [-0.3, -0.25) is 4.79 Å². The first-order chi connectivity index (χ1) is 9.65. The highest BCUT2D eigenvalue weighted by molar-refractivity contribution is 7.12. The van der Waals surface area contributed by atoms with Gasteiger partial charge in [0.05, 0.1) is 19.9 Å². The zero-order valence-electron chi connectivity index (χ0n) is 11.3. The highest BCUT2D eigenvalue weighted by atomic mass is 32.1. The largest absolute Gasteiger partial charge is 0.495 e. The second-order valence-corrected chi connectivity index (χ2v) is 4.99. The summed E-state index contributed by atoms with van der Waals surface area (Å²) in [5, 5.41) is 4.65. The van der Waals surface area contributed by atoms with Gasteiger partial charge in [-0.15, -0.1) is 11.3 Å². The van der Waals surface area contributed by atoms with E-state index in [1.165, 1.54) is 11.3 Å². The molecule has 20 heavy (non-hydrogen) atoms. The van der Waals surface area contributed by atoms with E-state index in [-0.39, 0.29) is 5.91 Å². The Labute approximate surface area is 121 Å². The molecule has 0 spiro atoms. The standard InChI is InChI=1S/C14H16N2O3S/c1-18-11-4-3-9(7-10(11)15)8-16-14(17)13-12(19-2)5-6-20-13/h3-7H,8,15H2,1-2H3,(H,16,17). The summed E-state index contributed by atoms with van der Waals surface area (Å²) in [7, 11) is 3.11. The molecular weight excluding hydrogens is 276 g/mol. The van der Waals surface area contributed by atoms with Gasteiger partial charge in [-0.05, 0) is 29.1 Å². The summed E-state index contributed by atoms with van der Waals surface area (Å²) in [5.74, 6) is 1.05. The number of nitrogen functional groups attached to an aromatic ring is 1. The van der Waals surface area contributed by atoms with E-state index in [9.17, 15) is 4.79 Å². The highest BCUT2D eigenvalue weighted by Crippen LogP contribution is 2.25. The van der Waals surface area contributed by atoms with E-state index in [1.807, 2.05) is 11.4 Å². The van der Waals surface area contributed by atoms with Gasteiger partial charge in [0.15, 0.2) is 0 Å². The van der Waals surface area contributed by atoms with Crippen LogP contribution < -0.4 is 20.5 Å². The van der Waals surface area contributed by atoms with Crippen LogP contribution in [-0.4, -0.2) is 20.1 Å². The van der Waals surface area contributed by atoms with Gasteiger partial charge in [0, 0.05) is 6.54 Å². The van der Waals surface area contributed by atoms with Crippen molar-refractivity contribution < 1.29 is 14.3 Å². The number of ether oxygens (including phenoxy) is 2. The maximum Gasteiger partial charge on any atom is 0.265 e. The van der Waals surface area contributed by atoms with Crippen LogP contribution in [0.1, 0.15) is 15.2 Å². The first-order valence-corrected chi connectivity index (χ1v) is 6.85. The van der Waals surface area contributed by atoms with E-state index in [1.54, 1.807) is 32.4 Å². The molecule has 0 unspecified atom stereocenters. The maximum atomic E-state index is 12.0. The Morgan fingerprint density at radius 1 is 1.25 bits per heavy atom. The van der Waals surface area contributed by atoms with Crippen molar-refractivity contribution in [2.24, 2.45) is 0 Å². The van der Waals surface area contributed by atoms with Crippen LogP contribution in [0.3, 0.4) is 0 Å². The first-order valence-electron chi connectivity index (χ1n) is 5.97. The molecule has 0 atom stereocenters. The Morgan fingerprint density at radius 2 is 2.00 bits per heavy atom. The van der Waals surface area contributed by atoms with Gasteiger partial charge in [0.2, 0.25) is 0 Å². The molecule has 6 heteroatoms. The quantitative estimate of drug-likeness (QED) is 0.829. The summed E-state index contributed by atoms with van der Waals surface area (Å²) in [6.45, 7) is 0.397. The van der Waals surface area contributed by atoms with Crippen molar-refractivity contribution in [3.8, 4) is 11.5 Å². The molecule has 1 amide bonds. The van der Waals surface area contributed by atoms with Gasteiger partial charge in [-0.25, -0.2) is 0 Å². The molecule has 0 saturated carbocycles. The van der Waals surface area contributed by atoms with Crippen molar-refractivity contribution in [3.05, 3.63) is 40.1 Å². The summed E-state index contributed by atoms with van der Waals surface area (Å²) in [4.78, 5) is 12.6. The van der Waals surface area contributed by atoms with Gasteiger partial charge in [0.1, 0.15) is 16.4 Å². The summed E-state index contributed by atoms with van der Waals surface area (Å²) < 4.78 is 10.2. The van der Waals surface area contributed by atoms with Gasteiger partial charge in [-0.2, -0.15) is 0 Å². The number of anilines is 1. The van der Waals surface area contributed by atoms with E-state index >= 15 is 0 Å². The number of carbonyl (C=O) groups is 1. The number of benzene rings is 1. The monoisotopic (exact) mass is 292 g/mol. The van der Waals surface area contributed by atoms with E-state index in [2.05, 4.69) is 5.32 Å². The number of methoxy groups -OCH3 is 2. The fraction of sp³-hybridized carbons (Fsp3) is 0.214. The third-order valence-corrected chi connectivity index (χ3v) is 3.70. The Balaban J connectivity index is 2.02. The minimum Gasteiger partial charge on any atom is -0.495 e. The summed E-state index contributed by atoms with van der Waals surface area (Å²) >= 11 is 1.34. The lowest BCUT2D eigenvalue weighted by Gasteiger charge is -2.08. The maximum absolute atomic E-state index is 12.0. The summed E-state index contributed by atoms with van der Waals surface area (Å²) in [5.41, 5.74) is 7.28. The molecule has 0 fully saturated rings. The molecule has 0 aliphatic heterocycles. The van der Waals surface area contributed by atoms with Gasteiger partial charge in [-0.1, -0.05) is 6.07 Å². The molecule has 1 heterocycles. The second kappa shape index (κ2) is 6.29. The average molecular weight is 292 g/mol. The minimum atomic E-state index is -0.161. The fourth-order valence-corrected chi connectivity index (χ4v) is 2.55. The number of rotatable bonds is 5. The predicted molar refractivity (Wildman–Crippen MR) is 79.4 cm³/mol. The van der Waals surface area contributed by atoms with Crippen LogP contribution in [0.4, 0.5) is 5.69 Å². The van der Waals surface area contributed by atoms with Crippen molar-refractivity contribution in [3.63, 3.8) is 0 Å². The zero-order valence-corrected chi connectivity index (χ0v) is 12.1. The minimum absolute atomic E-state index is 0.161. The molecule has 0 bridgehead atoms. The molecule has 2 rings (SSSR count). The number of nitrogens with one attached hydrogen (secondary N) is 1. The topological polar surface area (TPSA) is 73.6 Å². The number of thiophene rings is 1. The third kappa shape index (κ3) is 3.03. The molecule has 5 nitrogen and oxygen atoms in total. The highest BCUT2D eigenvalue weighted by Gasteiger charge is 2.13. The first kappa shape index (κ1) is 14.2. The molecule has 2 aromatic rings. The number of amides is 1. The van der Waals surface area contributed by atoms with Crippen molar-refractivity contribution in [2.45, 2.75) is 6.54 Å². The normalized spacial score (nSPS) is 10.1. The molecule has 0 aliphatic rings. The van der Waals surface area contributed by atoms with Crippen LogP contribution >= 0.6 is 11.3 Å². The Morgan fingerprint density at radius 3 is 2.65 bits per heavy atom. The molecule has 1 aromatic carbocycles. The van der Waals surface area contributed by atoms with Crippen LogP contribution in [0, 0.1) is 0 Å². The van der Waals surface area contributed by atoms with Crippen molar-refractivity contribution in [1.82, 2.24) is 5.32 Å². The zero-order chi connectivity index (χ0) is 14.5. The number of hydrogen-bond donors (Lipinski definition) is 2. The van der Waals surface area contributed by atoms with Crippen LogP contribution in [0.2, 0.25) is 0 Å². The Kier molecular flexibility index (Phi) is 4.47. The molecule has 0 saturated heterocycles. The Bertz CT molecular complexity index is 610. The lowest BCUT2D eigenvalue weighted by Crippen LogP contribution is -2.22. The van der Waals surface area contributed by atoms with Crippen molar-refractivity contribution >= 4 is 22.9 Å². The van der Waals surface area contributed by atoms with E-state index in [0.29, 0.717) is 28.6 Å². The molecule has 0 aliphatic carbocycles. The second-order valence-electron chi connectivity index (χ2n) is 4.08. The molecule has 106 valence electrons. The van der Waals surface area contributed by atoms with Crippen LogP contribution in [0.25, 0.3) is 0 Å². The third-order valence-electron chi connectivity index (χ3n) is 2.80. The Hall–Kier alpha value is -2.21. The molecule has 0 radical (unpaired) electrons. The van der Waals surface area contributed by atoms with E-state index in [0.717, 1.165) is 5.56 Å². The predicted octanol–water partition coefficient (Wildman–Crippen LogP) is 2.28. The lowest BCUT2D eigenvalue weighted by molar-refractivity contribution is 0.0952. The number of hydrogen-bond acceptors (Lipinski definition) is 5.